The summed E-state index contributed by atoms with van der Waals surface area (Å²) in [5.74, 6) is 0.286. The van der Waals surface area contributed by atoms with Crippen molar-refractivity contribution in [1.82, 2.24) is 4.98 Å². The Labute approximate surface area is 314 Å². The number of nitrogens with zero attached hydrogens (tertiary/aromatic N) is 1. The molecule has 6 rings (SSSR count). The second kappa shape index (κ2) is 15.2. The zero-order valence-corrected chi connectivity index (χ0v) is 34.7. The first-order valence-corrected chi connectivity index (χ1v) is 19.0. The molecule has 0 atom stereocenters. The Bertz CT molecular complexity index is 2140. The van der Waals surface area contributed by atoms with Crippen molar-refractivity contribution in [2.75, 3.05) is 0 Å². The van der Waals surface area contributed by atoms with E-state index in [1.807, 2.05) is 70.4 Å². The number of fused-ring (bicyclic) bond motifs is 6. The van der Waals surface area contributed by atoms with Crippen LogP contribution in [0.1, 0.15) is 99.1 Å². The van der Waals surface area contributed by atoms with Crippen molar-refractivity contribution in [3.05, 3.63) is 89.1 Å². The van der Waals surface area contributed by atoms with Crippen molar-refractivity contribution in [3.8, 4) is 11.3 Å². The standard InChI is InChI=1S/C28H22NS2.C15H28O2.Ir/c1-16-15-30-26-19(16)9-10-21-24-23(31-27(21)26)11-12-29-25(24)18-13-17-7-5-6-8-20(17)22(14-18)28(2,3)4;1-7-14(5,8-2)12(16)11-13(17)15(6,9-3)10-4;/h5-12,14-15H,1-4H3;11,16H,7-10H2,1-6H3;/q-1;;/b;12-11-;. The van der Waals surface area contributed by atoms with Gasteiger partial charge in [-0.3, -0.25) is 9.78 Å². The van der Waals surface area contributed by atoms with Crippen LogP contribution in [0.3, 0.4) is 0 Å². The first kappa shape index (κ1) is 38.9. The number of aliphatic hydroxyl groups is 1. The number of rotatable bonds is 8. The number of hydrogen-bond donors (Lipinski definition) is 1. The quantitative estimate of drug-likeness (QED) is 0.0942. The summed E-state index contributed by atoms with van der Waals surface area (Å²) in [5, 5.41) is 18.7. The molecule has 0 aliphatic carbocycles. The number of pyridine rings is 1. The van der Waals surface area contributed by atoms with Gasteiger partial charge in [0.15, 0.2) is 5.78 Å². The molecule has 49 heavy (non-hydrogen) atoms. The Balaban J connectivity index is 0.000000260. The van der Waals surface area contributed by atoms with Gasteiger partial charge in [0, 0.05) is 53.6 Å². The third-order valence-electron chi connectivity index (χ3n) is 10.7. The number of allylic oxidation sites excluding steroid dienone is 2. The van der Waals surface area contributed by atoms with Gasteiger partial charge in [0.1, 0.15) is 5.76 Å². The fourth-order valence-corrected chi connectivity index (χ4v) is 8.67. The van der Waals surface area contributed by atoms with Crippen molar-refractivity contribution >= 4 is 69.5 Å². The van der Waals surface area contributed by atoms with E-state index in [1.54, 1.807) is 0 Å². The SMILES string of the molecule is CCC(C)(CC)C(=O)/C=C(\O)C(C)(CC)CC.Cc1csc2c1ccc1c2sc2ccnc(-c3[c-]c4ccccc4c(C(C)(C)C)c3)c21.[Ir]. The Morgan fingerprint density at radius 1 is 0.857 bits per heavy atom. The molecule has 6 heteroatoms. The molecule has 0 saturated heterocycles. The van der Waals surface area contributed by atoms with Crippen molar-refractivity contribution in [2.24, 2.45) is 10.8 Å². The Morgan fingerprint density at radius 3 is 2.12 bits per heavy atom. The fraction of sp³-hybridized carbons (Fsp3) is 0.395. The van der Waals surface area contributed by atoms with E-state index in [0.717, 1.165) is 42.3 Å². The van der Waals surface area contributed by atoms with Gasteiger partial charge in [0.05, 0.1) is 9.40 Å². The maximum Gasteiger partial charge on any atom is 0.164 e. The van der Waals surface area contributed by atoms with Crippen LogP contribution in [0.5, 0.6) is 0 Å². The largest absolute Gasteiger partial charge is 0.512 e. The van der Waals surface area contributed by atoms with Gasteiger partial charge in [-0.15, -0.1) is 51.8 Å². The average molecular weight is 869 g/mol. The van der Waals surface area contributed by atoms with Crippen LogP contribution in [0.2, 0.25) is 0 Å². The van der Waals surface area contributed by atoms with Crippen LogP contribution in [-0.4, -0.2) is 15.9 Å². The summed E-state index contributed by atoms with van der Waals surface area (Å²) in [6.07, 6.45) is 6.70. The molecule has 0 unspecified atom stereocenters. The average Bonchev–Trinajstić information content (AvgIpc) is 3.67. The Kier molecular flexibility index (Phi) is 12.0. The van der Waals surface area contributed by atoms with Crippen molar-refractivity contribution < 1.29 is 30.0 Å². The molecule has 0 aliphatic rings. The van der Waals surface area contributed by atoms with Gasteiger partial charge >= 0.3 is 0 Å². The number of carbonyl (C=O) groups excluding carboxylic acids is 1. The number of ketones is 1. The van der Waals surface area contributed by atoms with E-state index in [2.05, 4.69) is 87.7 Å². The Morgan fingerprint density at radius 2 is 1.49 bits per heavy atom. The van der Waals surface area contributed by atoms with Gasteiger partial charge in [-0.1, -0.05) is 104 Å². The molecule has 0 saturated carbocycles. The maximum absolute atomic E-state index is 12.2. The maximum atomic E-state index is 12.2. The van der Waals surface area contributed by atoms with Gasteiger partial charge in [-0.05, 0) is 71.2 Å². The predicted octanol–water partition coefficient (Wildman–Crippen LogP) is 13.5. The molecule has 3 aromatic heterocycles. The molecule has 0 amide bonds. The molecular formula is C43H50IrNO2S2-. The first-order valence-electron chi connectivity index (χ1n) is 17.3. The van der Waals surface area contributed by atoms with Crippen molar-refractivity contribution in [2.45, 2.75) is 100 Å². The van der Waals surface area contributed by atoms with Crippen LogP contribution < -0.4 is 0 Å². The van der Waals surface area contributed by atoms with E-state index in [1.165, 1.54) is 52.8 Å². The number of aryl methyl sites for hydroxylation is 1. The summed E-state index contributed by atoms with van der Waals surface area (Å²) >= 11 is 3.73. The molecule has 1 radical (unpaired) electrons. The van der Waals surface area contributed by atoms with Crippen LogP contribution in [-0.2, 0) is 30.3 Å². The first-order chi connectivity index (χ1) is 22.7. The van der Waals surface area contributed by atoms with E-state index in [-0.39, 0.29) is 47.9 Å². The number of aromatic nitrogens is 1. The van der Waals surface area contributed by atoms with E-state index in [4.69, 9.17) is 4.98 Å². The van der Waals surface area contributed by atoms with E-state index in [0.29, 0.717) is 0 Å². The number of benzene rings is 3. The minimum Gasteiger partial charge on any atom is -0.512 e. The third-order valence-corrected chi connectivity index (χ3v) is 13.2. The number of aliphatic hydroxyl groups excluding tert-OH is 1. The Hall–Kier alpha value is -2.89. The third kappa shape index (κ3) is 7.45. The van der Waals surface area contributed by atoms with Gasteiger partial charge in [-0.25, -0.2) is 0 Å². The van der Waals surface area contributed by atoms with Gasteiger partial charge in [0.25, 0.3) is 0 Å². The molecular weight excluding hydrogens is 819 g/mol. The topological polar surface area (TPSA) is 50.2 Å². The number of hydrogen-bond acceptors (Lipinski definition) is 5. The van der Waals surface area contributed by atoms with E-state index < -0.39 is 0 Å². The van der Waals surface area contributed by atoms with Crippen molar-refractivity contribution in [1.29, 1.82) is 0 Å². The van der Waals surface area contributed by atoms with Crippen LogP contribution in [0, 0.1) is 23.8 Å². The molecule has 3 heterocycles. The number of thiophene rings is 2. The molecule has 0 fully saturated rings. The smallest absolute Gasteiger partial charge is 0.164 e. The normalized spacial score (nSPS) is 12.7. The van der Waals surface area contributed by atoms with Crippen LogP contribution >= 0.6 is 22.7 Å². The second-order valence-electron chi connectivity index (χ2n) is 14.7. The zero-order valence-electron chi connectivity index (χ0n) is 30.6. The molecule has 0 bridgehead atoms. The summed E-state index contributed by atoms with van der Waals surface area (Å²) in [7, 11) is 0. The summed E-state index contributed by atoms with van der Waals surface area (Å²) in [6, 6.07) is 21.3. The van der Waals surface area contributed by atoms with E-state index >= 15 is 0 Å². The summed E-state index contributed by atoms with van der Waals surface area (Å²) in [4.78, 5) is 17.1. The van der Waals surface area contributed by atoms with Crippen LogP contribution in [0.15, 0.2) is 71.9 Å². The van der Waals surface area contributed by atoms with Crippen molar-refractivity contribution in [3.63, 3.8) is 0 Å². The van der Waals surface area contributed by atoms with Crippen LogP contribution in [0.25, 0.3) is 52.3 Å². The molecule has 261 valence electrons. The molecule has 0 spiro atoms. The minimum absolute atomic E-state index is 0. The molecule has 3 aromatic carbocycles. The van der Waals surface area contributed by atoms with E-state index in [9.17, 15) is 9.90 Å². The summed E-state index contributed by atoms with van der Waals surface area (Å²) in [5.41, 5.74) is 4.24. The summed E-state index contributed by atoms with van der Waals surface area (Å²) < 4.78 is 4.05. The van der Waals surface area contributed by atoms with Gasteiger partial charge < -0.3 is 5.11 Å². The predicted molar refractivity (Wildman–Crippen MR) is 211 cm³/mol. The minimum atomic E-state index is -0.337. The number of carbonyl (C=O) groups is 1. The zero-order chi connectivity index (χ0) is 35.0. The molecule has 6 aromatic rings. The second-order valence-corrected chi connectivity index (χ2v) is 16.6. The van der Waals surface area contributed by atoms with Gasteiger partial charge in [0.2, 0.25) is 0 Å². The molecule has 3 nitrogen and oxygen atoms in total. The summed E-state index contributed by atoms with van der Waals surface area (Å²) in [6.45, 7) is 21.1. The van der Waals surface area contributed by atoms with Gasteiger partial charge in [-0.2, -0.15) is 0 Å². The fourth-order valence-electron chi connectivity index (χ4n) is 6.26. The monoisotopic (exact) mass is 869 g/mol. The van der Waals surface area contributed by atoms with Crippen LogP contribution in [0.4, 0.5) is 0 Å². The molecule has 0 aliphatic heterocycles. The molecule has 1 N–H and O–H groups in total.